The molecule has 90 valence electrons. The molecule has 1 atom stereocenters. The highest BCUT2D eigenvalue weighted by atomic mass is 15.0. The molecule has 1 saturated carbocycles. The van der Waals surface area contributed by atoms with E-state index in [9.17, 15) is 0 Å². The highest BCUT2D eigenvalue weighted by molar-refractivity contribution is 4.88. The van der Waals surface area contributed by atoms with Gasteiger partial charge in [0.2, 0.25) is 0 Å². The van der Waals surface area contributed by atoms with Crippen LogP contribution in [0, 0.1) is 11.8 Å². The minimum absolute atomic E-state index is 0.739. The zero-order valence-electron chi connectivity index (χ0n) is 10.4. The van der Waals surface area contributed by atoms with Crippen LogP contribution in [0.4, 0.5) is 0 Å². The Morgan fingerprint density at radius 1 is 1.44 bits per heavy atom. The van der Waals surface area contributed by atoms with Gasteiger partial charge in [-0.15, -0.1) is 0 Å². The molecule has 3 nitrogen and oxygen atoms in total. The number of aromatic nitrogens is 2. The Hall–Kier alpha value is -0.830. The van der Waals surface area contributed by atoms with Gasteiger partial charge in [-0.3, -0.25) is 0 Å². The van der Waals surface area contributed by atoms with E-state index in [-0.39, 0.29) is 0 Å². The van der Waals surface area contributed by atoms with Crippen molar-refractivity contribution in [2.24, 2.45) is 11.8 Å². The second kappa shape index (κ2) is 5.48. The predicted octanol–water partition coefficient (Wildman–Crippen LogP) is 2.30. The average Bonchev–Trinajstić information content (AvgIpc) is 2.94. The van der Waals surface area contributed by atoms with E-state index in [1.807, 2.05) is 18.7 Å². The minimum Gasteiger partial charge on any atom is -0.337 e. The molecule has 0 spiro atoms. The van der Waals surface area contributed by atoms with E-state index < -0.39 is 0 Å². The van der Waals surface area contributed by atoms with E-state index in [1.165, 1.54) is 19.3 Å². The molecule has 0 aromatic carbocycles. The molecule has 1 fully saturated rings. The van der Waals surface area contributed by atoms with Crippen LogP contribution in [0.15, 0.2) is 18.7 Å². The van der Waals surface area contributed by atoms with Gasteiger partial charge in [0.15, 0.2) is 0 Å². The van der Waals surface area contributed by atoms with E-state index in [4.69, 9.17) is 0 Å². The molecule has 1 aromatic heterocycles. The fourth-order valence-electron chi connectivity index (χ4n) is 2.35. The van der Waals surface area contributed by atoms with Crippen LogP contribution in [-0.4, -0.2) is 22.1 Å². The Bertz CT molecular complexity index is 286. The molecule has 0 amide bonds. The maximum Gasteiger partial charge on any atom is 0.0945 e. The normalized spacial score (nSPS) is 17.9. The summed E-state index contributed by atoms with van der Waals surface area (Å²) >= 11 is 0. The summed E-state index contributed by atoms with van der Waals surface area (Å²) in [5.74, 6) is 1.72. The van der Waals surface area contributed by atoms with Gasteiger partial charge in [0.25, 0.3) is 0 Å². The van der Waals surface area contributed by atoms with Crippen LogP contribution < -0.4 is 5.32 Å². The number of nitrogens with zero attached hydrogens (tertiary/aromatic N) is 2. The Kier molecular flexibility index (Phi) is 3.99. The molecule has 0 radical (unpaired) electrons. The molecule has 1 N–H and O–H groups in total. The largest absolute Gasteiger partial charge is 0.337 e. The quantitative estimate of drug-likeness (QED) is 0.716. The monoisotopic (exact) mass is 221 g/mol. The summed E-state index contributed by atoms with van der Waals surface area (Å²) in [5, 5.41) is 3.71. The van der Waals surface area contributed by atoms with Crippen molar-refractivity contribution in [1.82, 2.24) is 14.9 Å². The summed E-state index contributed by atoms with van der Waals surface area (Å²) in [6.45, 7) is 6.84. The van der Waals surface area contributed by atoms with E-state index in [1.54, 1.807) is 0 Å². The molecule has 0 aliphatic heterocycles. The average molecular weight is 221 g/mol. The van der Waals surface area contributed by atoms with Gasteiger partial charge < -0.3 is 9.88 Å². The predicted molar refractivity (Wildman–Crippen MR) is 66.2 cm³/mol. The van der Waals surface area contributed by atoms with Crippen molar-refractivity contribution in [1.29, 1.82) is 0 Å². The lowest BCUT2D eigenvalue weighted by atomic mass is 9.99. The minimum atomic E-state index is 0.739. The molecule has 16 heavy (non-hydrogen) atoms. The number of hydrogen-bond acceptors (Lipinski definition) is 2. The van der Waals surface area contributed by atoms with Gasteiger partial charge in [-0.25, -0.2) is 4.98 Å². The Balaban J connectivity index is 1.63. The summed E-state index contributed by atoms with van der Waals surface area (Å²) in [4.78, 5) is 4.05. The van der Waals surface area contributed by atoms with Gasteiger partial charge in [0.05, 0.1) is 6.33 Å². The van der Waals surface area contributed by atoms with E-state index in [2.05, 4.69) is 28.7 Å². The molecular formula is C13H23N3. The van der Waals surface area contributed by atoms with Gasteiger partial charge in [0.1, 0.15) is 0 Å². The number of hydrogen-bond donors (Lipinski definition) is 1. The number of rotatable bonds is 7. The molecule has 0 saturated heterocycles. The van der Waals surface area contributed by atoms with Gasteiger partial charge in [-0.2, -0.15) is 0 Å². The maximum absolute atomic E-state index is 4.05. The van der Waals surface area contributed by atoms with Gasteiger partial charge in [-0.1, -0.05) is 13.8 Å². The van der Waals surface area contributed by atoms with E-state index in [0.717, 1.165) is 31.0 Å². The summed E-state index contributed by atoms with van der Waals surface area (Å²) in [6, 6.07) is 0.739. The molecule has 3 heteroatoms. The second-order valence-corrected chi connectivity index (χ2v) is 5.22. The standard InChI is InChI=1S/C13H23N3/c1-11(2)13(12-4-5-12)15-6-3-8-16-9-7-14-10-16/h7,9-13,15H,3-6,8H2,1-2H3. The van der Waals surface area contributed by atoms with Crippen molar-refractivity contribution in [3.05, 3.63) is 18.7 Å². The van der Waals surface area contributed by atoms with Gasteiger partial charge >= 0.3 is 0 Å². The van der Waals surface area contributed by atoms with Crippen molar-refractivity contribution in [3.63, 3.8) is 0 Å². The molecule has 1 aliphatic rings. The third-order valence-electron chi connectivity index (χ3n) is 3.38. The Morgan fingerprint density at radius 2 is 2.25 bits per heavy atom. The van der Waals surface area contributed by atoms with Crippen LogP contribution in [0.25, 0.3) is 0 Å². The van der Waals surface area contributed by atoms with Crippen LogP contribution in [0.5, 0.6) is 0 Å². The highest BCUT2D eigenvalue weighted by Crippen LogP contribution is 2.35. The second-order valence-electron chi connectivity index (χ2n) is 5.22. The third kappa shape index (κ3) is 3.34. The van der Waals surface area contributed by atoms with Crippen LogP contribution in [0.1, 0.15) is 33.1 Å². The van der Waals surface area contributed by atoms with Crippen LogP contribution in [0.2, 0.25) is 0 Å². The number of nitrogens with one attached hydrogen (secondary N) is 1. The molecule has 1 unspecified atom stereocenters. The summed E-state index contributed by atoms with van der Waals surface area (Å²) in [6.07, 6.45) is 9.80. The fourth-order valence-corrected chi connectivity index (χ4v) is 2.35. The first-order chi connectivity index (χ1) is 7.77. The van der Waals surface area contributed by atoms with Crippen molar-refractivity contribution < 1.29 is 0 Å². The molecule has 2 rings (SSSR count). The summed E-state index contributed by atoms with van der Waals surface area (Å²) in [7, 11) is 0. The zero-order valence-corrected chi connectivity index (χ0v) is 10.4. The highest BCUT2D eigenvalue weighted by Gasteiger charge is 2.32. The SMILES string of the molecule is CC(C)C(NCCCn1ccnc1)C1CC1. The first kappa shape index (κ1) is 11.6. The first-order valence-corrected chi connectivity index (χ1v) is 6.46. The summed E-state index contributed by atoms with van der Waals surface area (Å²) < 4.78 is 2.14. The lowest BCUT2D eigenvalue weighted by Gasteiger charge is -2.22. The molecule has 1 aliphatic carbocycles. The number of imidazole rings is 1. The van der Waals surface area contributed by atoms with Crippen molar-refractivity contribution >= 4 is 0 Å². The van der Waals surface area contributed by atoms with Crippen molar-refractivity contribution in [3.8, 4) is 0 Å². The smallest absolute Gasteiger partial charge is 0.0945 e. The maximum atomic E-state index is 4.05. The lowest BCUT2D eigenvalue weighted by Crippen LogP contribution is -2.36. The molecule has 1 heterocycles. The Labute approximate surface area is 98.3 Å². The van der Waals surface area contributed by atoms with E-state index >= 15 is 0 Å². The van der Waals surface area contributed by atoms with Crippen LogP contribution in [-0.2, 0) is 6.54 Å². The lowest BCUT2D eigenvalue weighted by molar-refractivity contribution is 0.356. The third-order valence-corrected chi connectivity index (χ3v) is 3.38. The van der Waals surface area contributed by atoms with Crippen LogP contribution in [0.3, 0.4) is 0 Å². The van der Waals surface area contributed by atoms with Crippen LogP contribution >= 0.6 is 0 Å². The Morgan fingerprint density at radius 3 is 2.81 bits per heavy atom. The van der Waals surface area contributed by atoms with E-state index in [0.29, 0.717) is 0 Å². The molecule has 1 aromatic rings. The topological polar surface area (TPSA) is 29.9 Å². The zero-order chi connectivity index (χ0) is 11.4. The van der Waals surface area contributed by atoms with Gasteiger partial charge in [-0.05, 0) is 37.6 Å². The van der Waals surface area contributed by atoms with Gasteiger partial charge in [0, 0.05) is 25.0 Å². The summed E-state index contributed by atoms with van der Waals surface area (Å²) in [5.41, 5.74) is 0. The molecule has 0 bridgehead atoms. The number of aryl methyl sites for hydroxylation is 1. The van der Waals surface area contributed by atoms with Crippen molar-refractivity contribution in [2.45, 2.75) is 45.7 Å². The first-order valence-electron chi connectivity index (χ1n) is 6.46. The molecular weight excluding hydrogens is 198 g/mol. The fraction of sp³-hybridized carbons (Fsp3) is 0.769. The van der Waals surface area contributed by atoms with Crippen molar-refractivity contribution in [2.75, 3.05) is 6.54 Å².